The van der Waals surface area contributed by atoms with E-state index in [1.165, 1.54) is 0 Å². The van der Waals surface area contributed by atoms with Gasteiger partial charge in [-0.05, 0) is 53.2 Å². The molecule has 2 aromatic rings. The van der Waals surface area contributed by atoms with Crippen LogP contribution in [0.5, 0.6) is 5.75 Å². The quantitative estimate of drug-likeness (QED) is 0.872. The van der Waals surface area contributed by atoms with Gasteiger partial charge in [0.15, 0.2) is 16.5 Å². The highest BCUT2D eigenvalue weighted by Crippen LogP contribution is 2.32. The van der Waals surface area contributed by atoms with Crippen LogP contribution in [0.1, 0.15) is 17.5 Å². The molecular formula is C14H11BrN2O4. The molecule has 21 heavy (non-hydrogen) atoms. The Hall–Kier alpha value is -2.28. The lowest BCUT2D eigenvalue weighted by molar-refractivity contribution is -0.122. The van der Waals surface area contributed by atoms with Crippen molar-refractivity contribution in [1.29, 1.82) is 0 Å². The minimum atomic E-state index is -0.529. The number of hydrogen-bond donors (Lipinski definition) is 2. The Labute approximate surface area is 128 Å². The fraction of sp³-hybridized carbons (Fsp3) is 0.143. The normalized spacial score (nSPS) is 16.7. The lowest BCUT2D eigenvalue weighted by atomic mass is 10.2. The van der Waals surface area contributed by atoms with E-state index in [0.717, 1.165) is 0 Å². The van der Waals surface area contributed by atoms with Crippen molar-refractivity contribution in [3.8, 4) is 5.75 Å². The van der Waals surface area contributed by atoms with Crippen LogP contribution < -0.4 is 15.4 Å². The summed E-state index contributed by atoms with van der Waals surface area (Å²) in [4.78, 5) is 23.5. The van der Waals surface area contributed by atoms with E-state index >= 15 is 0 Å². The van der Waals surface area contributed by atoms with Crippen LogP contribution in [0.15, 0.2) is 39.4 Å². The first-order valence-electron chi connectivity index (χ1n) is 6.21. The molecule has 0 aliphatic carbocycles. The topological polar surface area (TPSA) is 80.6 Å². The maximum absolute atomic E-state index is 12.0. The second-order valence-electron chi connectivity index (χ2n) is 4.52. The maximum atomic E-state index is 12.0. The van der Waals surface area contributed by atoms with Gasteiger partial charge in [-0.25, -0.2) is 0 Å². The highest BCUT2D eigenvalue weighted by Gasteiger charge is 2.23. The highest BCUT2D eigenvalue weighted by molar-refractivity contribution is 9.10. The predicted molar refractivity (Wildman–Crippen MR) is 79.5 cm³/mol. The van der Waals surface area contributed by atoms with Crippen LogP contribution in [-0.4, -0.2) is 17.9 Å². The number of rotatable bonds is 2. The van der Waals surface area contributed by atoms with Gasteiger partial charge >= 0.3 is 0 Å². The Kier molecular flexibility index (Phi) is 3.42. The highest BCUT2D eigenvalue weighted by atomic mass is 79.9. The third kappa shape index (κ3) is 2.78. The largest absolute Gasteiger partial charge is 0.479 e. The van der Waals surface area contributed by atoms with Gasteiger partial charge in [0, 0.05) is 5.69 Å². The molecule has 0 spiro atoms. The summed E-state index contributed by atoms with van der Waals surface area (Å²) < 4.78 is 11.1. The van der Waals surface area contributed by atoms with Gasteiger partial charge in [-0.2, -0.15) is 0 Å². The molecule has 6 nitrogen and oxygen atoms in total. The molecule has 1 aromatic carbocycles. The second-order valence-corrected chi connectivity index (χ2v) is 5.30. The van der Waals surface area contributed by atoms with E-state index in [1.807, 2.05) is 0 Å². The van der Waals surface area contributed by atoms with Crippen molar-refractivity contribution in [2.24, 2.45) is 0 Å². The summed E-state index contributed by atoms with van der Waals surface area (Å²) in [5, 5.41) is 5.41. The molecule has 1 aliphatic rings. The van der Waals surface area contributed by atoms with E-state index in [2.05, 4.69) is 26.6 Å². The first-order chi connectivity index (χ1) is 10.0. The Morgan fingerprint density at radius 3 is 2.86 bits per heavy atom. The number of amides is 2. The molecule has 0 unspecified atom stereocenters. The van der Waals surface area contributed by atoms with Crippen LogP contribution in [0.25, 0.3) is 0 Å². The van der Waals surface area contributed by atoms with Gasteiger partial charge in [-0.15, -0.1) is 0 Å². The lowest BCUT2D eigenvalue weighted by Gasteiger charge is -2.23. The molecule has 2 amide bonds. The number of halogens is 1. The van der Waals surface area contributed by atoms with E-state index < -0.39 is 6.10 Å². The van der Waals surface area contributed by atoms with Gasteiger partial charge in [0.2, 0.25) is 0 Å². The number of carbonyl (C=O) groups is 2. The van der Waals surface area contributed by atoms with Crippen LogP contribution in [0, 0.1) is 0 Å². The number of fused-ring (bicyclic) bond motifs is 1. The first-order valence-corrected chi connectivity index (χ1v) is 7.00. The zero-order valence-electron chi connectivity index (χ0n) is 11.0. The molecule has 3 rings (SSSR count). The summed E-state index contributed by atoms with van der Waals surface area (Å²) >= 11 is 3.14. The van der Waals surface area contributed by atoms with Gasteiger partial charge in [0.1, 0.15) is 5.75 Å². The molecule has 0 radical (unpaired) electrons. The monoisotopic (exact) mass is 350 g/mol. The maximum Gasteiger partial charge on any atom is 0.291 e. The Balaban J connectivity index is 1.80. The summed E-state index contributed by atoms with van der Waals surface area (Å²) in [5.74, 6) is 0.160. The number of nitrogens with one attached hydrogen (secondary N) is 2. The molecule has 0 saturated carbocycles. The summed E-state index contributed by atoms with van der Waals surface area (Å²) in [5.41, 5.74) is 1.06. The van der Waals surface area contributed by atoms with Crippen LogP contribution in [0.3, 0.4) is 0 Å². The van der Waals surface area contributed by atoms with Gasteiger partial charge in [0.25, 0.3) is 11.8 Å². The van der Waals surface area contributed by atoms with Crippen LogP contribution in [-0.2, 0) is 4.79 Å². The van der Waals surface area contributed by atoms with Gasteiger partial charge in [-0.3, -0.25) is 9.59 Å². The smallest absolute Gasteiger partial charge is 0.291 e. The molecule has 2 heterocycles. The number of ether oxygens (including phenoxy) is 1. The summed E-state index contributed by atoms with van der Waals surface area (Å²) in [6.07, 6.45) is -0.529. The molecule has 0 saturated heterocycles. The Bertz CT molecular complexity index is 726. The van der Waals surface area contributed by atoms with Gasteiger partial charge in [0.05, 0.1) is 5.69 Å². The third-order valence-corrected chi connectivity index (χ3v) is 3.39. The third-order valence-electron chi connectivity index (χ3n) is 2.97. The first kappa shape index (κ1) is 13.7. The minimum Gasteiger partial charge on any atom is -0.479 e. The summed E-state index contributed by atoms with van der Waals surface area (Å²) in [7, 11) is 0. The second kappa shape index (κ2) is 5.25. The molecule has 1 aromatic heterocycles. The van der Waals surface area contributed by atoms with Crippen molar-refractivity contribution in [3.63, 3.8) is 0 Å². The van der Waals surface area contributed by atoms with E-state index in [9.17, 15) is 9.59 Å². The van der Waals surface area contributed by atoms with Crippen molar-refractivity contribution >= 4 is 39.1 Å². The van der Waals surface area contributed by atoms with Crippen molar-refractivity contribution in [3.05, 3.63) is 40.8 Å². The number of hydrogen-bond acceptors (Lipinski definition) is 4. The van der Waals surface area contributed by atoms with E-state index in [0.29, 0.717) is 21.8 Å². The molecule has 108 valence electrons. The molecular weight excluding hydrogens is 340 g/mol. The number of carbonyl (C=O) groups excluding carboxylic acids is 2. The molecule has 7 heteroatoms. The lowest BCUT2D eigenvalue weighted by Crippen LogP contribution is -2.34. The molecule has 0 fully saturated rings. The Morgan fingerprint density at radius 2 is 2.14 bits per heavy atom. The zero-order valence-corrected chi connectivity index (χ0v) is 12.6. The predicted octanol–water partition coefficient (Wildman–Crippen LogP) is 3.01. The van der Waals surface area contributed by atoms with Crippen molar-refractivity contribution < 1.29 is 18.7 Å². The number of anilines is 2. The minimum absolute atomic E-state index is 0.188. The van der Waals surface area contributed by atoms with E-state index in [-0.39, 0.29) is 17.6 Å². The van der Waals surface area contributed by atoms with Crippen molar-refractivity contribution in [2.75, 3.05) is 10.6 Å². The Morgan fingerprint density at radius 1 is 1.33 bits per heavy atom. The van der Waals surface area contributed by atoms with Crippen LogP contribution in [0.4, 0.5) is 11.4 Å². The van der Waals surface area contributed by atoms with Gasteiger partial charge in [-0.1, -0.05) is 0 Å². The molecule has 1 aliphatic heterocycles. The van der Waals surface area contributed by atoms with E-state index in [4.69, 9.17) is 9.15 Å². The van der Waals surface area contributed by atoms with Crippen LogP contribution in [0.2, 0.25) is 0 Å². The fourth-order valence-corrected chi connectivity index (χ4v) is 2.22. The average molecular weight is 351 g/mol. The SMILES string of the molecule is C[C@H]1Oc2ccc(NC(=O)c3ccc(Br)o3)cc2NC1=O. The summed E-state index contributed by atoms with van der Waals surface area (Å²) in [6.45, 7) is 1.67. The average Bonchev–Trinajstić information content (AvgIpc) is 2.87. The number of benzene rings is 1. The van der Waals surface area contributed by atoms with Crippen molar-refractivity contribution in [1.82, 2.24) is 0 Å². The summed E-state index contributed by atoms with van der Waals surface area (Å²) in [6, 6.07) is 8.22. The molecule has 0 bridgehead atoms. The zero-order chi connectivity index (χ0) is 15.0. The number of furan rings is 1. The van der Waals surface area contributed by atoms with Gasteiger partial charge < -0.3 is 19.8 Å². The standard InChI is InChI=1S/C14H11BrN2O4/c1-7-13(18)17-9-6-8(2-3-10(9)20-7)16-14(19)11-4-5-12(15)21-11/h2-7H,1H3,(H,16,19)(H,17,18)/t7-/m1/s1. The van der Waals surface area contributed by atoms with Crippen molar-refractivity contribution in [2.45, 2.75) is 13.0 Å². The van der Waals surface area contributed by atoms with E-state index in [1.54, 1.807) is 37.3 Å². The molecule has 2 N–H and O–H groups in total. The fourth-order valence-electron chi connectivity index (χ4n) is 1.92. The van der Waals surface area contributed by atoms with Crippen LogP contribution >= 0.6 is 15.9 Å². The molecule has 1 atom stereocenters.